The zero-order chi connectivity index (χ0) is 19.7. The molecule has 0 bridgehead atoms. The van der Waals surface area contributed by atoms with Gasteiger partial charge >= 0.3 is 0 Å². The number of carbonyl (C=O) groups excluding carboxylic acids is 1. The maximum atomic E-state index is 13.0. The molecule has 0 fully saturated rings. The molecule has 1 aromatic carbocycles. The van der Waals surface area contributed by atoms with Crippen molar-refractivity contribution < 1.29 is 4.79 Å². The van der Waals surface area contributed by atoms with Crippen molar-refractivity contribution in [1.82, 2.24) is 14.5 Å². The van der Waals surface area contributed by atoms with Crippen LogP contribution in [-0.2, 0) is 17.8 Å². The van der Waals surface area contributed by atoms with Gasteiger partial charge in [0.2, 0.25) is 5.91 Å². The molecule has 7 heteroatoms. The fourth-order valence-corrected chi connectivity index (χ4v) is 5.76. The van der Waals surface area contributed by atoms with Crippen molar-refractivity contribution in [1.29, 1.82) is 0 Å². The lowest BCUT2D eigenvalue weighted by molar-refractivity contribution is -0.131. The third kappa shape index (κ3) is 3.37. The van der Waals surface area contributed by atoms with Gasteiger partial charge in [-0.25, -0.2) is 4.98 Å². The molecule has 0 aliphatic carbocycles. The van der Waals surface area contributed by atoms with Gasteiger partial charge in [-0.3, -0.25) is 14.2 Å². The van der Waals surface area contributed by atoms with E-state index in [4.69, 9.17) is 0 Å². The maximum absolute atomic E-state index is 13.0. The summed E-state index contributed by atoms with van der Waals surface area (Å²) >= 11 is 3.15. The summed E-state index contributed by atoms with van der Waals surface area (Å²) in [6.07, 6.45) is 1.84. The van der Waals surface area contributed by atoms with Gasteiger partial charge in [0.25, 0.3) is 5.56 Å². The van der Waals surface area contributed by atoms with Gasteiger partial charge in [-0.1, -0.05) is 30.8 Å². The van der Waals surface area contributed by atoms with Crippen LogP contribution in [0.3, 0.4) is 0 Å². The molecule has 1 amide bonds. The van der Waals surface area contributed by atoms with Crippen molar-refractivity contribution in [3.63, 3.8) is 0 Å². The van der Waals surface area contributed by atoms with Gasteiger partial charge in [-0.15, -0.1) is 11.3 Å². The number of hydrogen-bond donors (Lipinski definition) is 0. The second kappa shape index (κ2) is 8.09. The Morgan fingerprint density at radius 1 is 1.29 bits per heavy atom. The Morgan fingerprint density at radius 3 is 2.89 bits per heavy atom. The summed E-state index contributed by atoms with van der Waals surface area (Å²) in [5.41, 5.74) is 1.93. The zero-order valence-corrected chi connectivity index (χ0v) is 17.7. The molecule has 1 aliphatic rings. The molecule has 1 atom stereocenters. The first-order valence-corrected chi connectivity index (χ1v) is 11.5. The standard InChI is InChI=1S/C21H23N3O2S2/c1-3-17-15-10-12-27-18(15)9-11-24(17)19(25)13-28-21-22-16-8-6-5-7-14(16)20(26)23(21)4-2/h5-8,10,12,17H,3-4,9,11,13H2,1-2H3. The zero-order valence-electron chi connectivity index (χ0n) is 16.1. The highest BCUT2D eigenvalue weighted by Crippen LogP contribution is 2.35. The second-order valence-corrected chi connectivity index (χ2v) is 8.75. The van der Waals surface area contributed by atoms with Crippen LogP contribution >= 0.6 is 23.1 Å². The van der Waals surface area contributed by atoms with E-state index < -0.39 is 0 Å². The number of aromatic nitrogens is 2. The van der Waals surface area contributed by atoms with Gasteiger partial charge in [0.15, 0.2) is 5.16 Å². The van der Waals surface area contributed by atoms with Crippen LogP contribution in [0.15, 0.2) is 45.7 Å². The van der Waals surface area contributed by atoms with Crippen molar-refractivity contribution in [2.45, 2.75) is 44.4 Å². The summed E-state index contributed by atoms with van der Waals surface area (Å²) in [4.78, 5) is 33.8. The van der Waals surface area contributed by atoms with Gasteiger partial charge in [0.1, 0.15) is 0 Å². The first-order valence-electron chi connectivity index (χ1n) is 9.62. The van der Waals surface area contributed by atoms with Crippen LogP contribution in [0.5, 0.6) is 0 Å². The number of amides is 1. The Kier molecular flexibility index (Phi) is 5.55. The van der Waals surface area contributed by atoms with E-state index in [1.165, 1.54) is 22.2 Å². The molecule has 3 heterocycles. The Morgan fingerprint density at radius 2 is 2.11 bits per heavy atom. The number of rotatable bonds is 5. The van der Waals surface area contributed by atoms with Crippen molar-refractivity contribution in [3.05, 3.63) is 56.5 Å². The van der Waals surface area contributed by atoms with Gasteiger partial charge < -0.3 is 4.90 Å². The molecule has 1 aliphatic heterocycles. The van der Waals surface area contributed by atoms with E-state index in [1.807, 2.05) is 30.0 Å². The monoisotopic (exact) mass is 413 g/mol. The average Bonchev–Trinajstić information content (AvgIpc) is 3.20. The van der Waals surface area contributed by atoms with Crippen LogP contribution in [0.2, 0.25) is 0 Å². The minimum absolute atomic E-state index is 0.0460. The SMILES string of the molecule is CCC1c2ccsc2CCN1C(=O)CSc1nc2ccccc2c(=O)n1CC. The van der Waals surface area contributed by atoms with Gasteiger partial charge in [-0.2, -0.15) is 0 Å². The first-order chi connectivity index (χ1) is 13.6. The molecule has 4 rings (SSSR count). The third-order valence-electron chi connectivity index (χ3n) is 5.27. The lowest BCUT2D eigenvalue weighted by Gasteiger charge is -2.35. The Bertz CT molecular complexity index is 1070. The van der Waals surface area contributed by atoms with Crippen molar-refractivity contribution in [3.8, 4) is 0 Å². The van der Waals surface area contributed by atoms with E-state index in [2.05, 4.69) is 23.4 Å². The van der Waals surface area contributed by atoms with Gasteiger partial charge in [-0.05, 0) is 48.9 Å². The molecule has 1 unspecified atom stereocenters. The third-order valence-corrected chi connectivity index (χ3v) is 7.23. The summed E-state index contributed by atoms with van der Waals surface area (Å²) < 4.78 is 1.66. The molecule has 0 N–H and O–H groups in total. The Balaban J connectivity index is 1.56. The highest BCUT2D eigenvalue weighted by Gasteiger charge is 2.30. The topological polar surface area (TPSA) is 55.2 Å². The summed E-state index contributed by atoms with van der Waals surface area (Å²) in [6.45, 7) is 5.36. The quantitative estimate of drug-likeness (QED) is 0.467. The lowest BCUT2D eigenvalue weighted by Crippen LogP contribution is -2.40. The fraction of sp³-hybridized carbons (Fsp3) is 0.381. The van der Waals surface area contributed by atoms with E-state index >= 15 is 0 Å². The second-order valence-electron chi connectivity index (χ2n) is 6.81. The molecular formula is C21H23N3O2S2. The van der Waals surface area contributed by atoms with E-state index in [-0.39, 0.29) is 17.5 Å². The molecule has 0 spiro atoms. The van der Waals surface area contributed by atoms with Crippen LogP contribution in [0.25, 0.3) is 10.9 Å². The smallest absolute Gasteiger partial charge is 0.262 e. The summed E-state index contributed by atoms with van der Waals surface area (Å²) in [5.74, 6) is 0.402. The molecule has 0 radical (unpaired) electrons. The number of benzene rings is 1. The van der Waals surface area contributed by atoms with Crippen LogP contribution in [-0.4, -0.2) is 32.7 Å². The Hall–Kier alpha value is -2.12. The molecule has 0 saturated heterocycles. The van der Waals surface area contributed by atoms with E-state index in [9.17, 15) is 9.59 Å². The molecular weight excluding hydrogens is 390 g/mol. The van der Waals surface area contributed by atoms with Crippen LogP contribution < -0.4 is 5.56 Å². The minimum atomic E-state index is -0.0460. The van der Waals surface area contributed by atoms with Crippen molar-refractivity contribution in [2.24, 2.45) is 0 Å². The summed E-state index contributed by atoms with van der Waals surface area (Å²) in [6, 6.07) is 9.68. The molecule has 3 aromatic rings. The predicted molar refractivity (Wildman–Crippen MR) is 115 cm³/mol. The largest absolute Gasteiger partial charge is 0.335 e. The Labute approximate surface area is 172 Å². The number of carbonyl (C=O) groups is 1. The van der Waals surface area contributed by atoms with Crippen LogP contribution in [0, 0.1) is 0 Å². The van der Waals surface area contributed by atoms with Crippen LogP contribution in [0.4, 0.5) is 0 Å². The fourth-order valence-electron chi connectivity index (χ4n) is 3.88. The van der Waals surface area contributed by atoms with E-state index in [0.717, 1.165) is 19.4 Å². The molecule has 2 aromatic heterocycles. The number of thiophene rings is 1. The molecule has 146 valence electrons. The highest BCUT2D eigenvalue weighted by molar-refractivity contribution is 7.99. The number of fused-ring (bicyclic) bond motifs is 2. The van der Waals surface area contributed by atoms with Crippen LogP contribution in [0.1, 0.15) is 36.8 Å². The molecule has 5 nitrogen and oxygen atoms in total. The maximum Gasteiger partial charge on any atom is 0.262 e. The van der Waals surface area contributed by atoms with Crippen molar-refractivity contribution in [2.75, 3.05) is 12.3 Å². The highest BCUT2D eigenvalue weighted by atomic mass is 32.2. The number of hydrogen-bond acceptors (Lipinski definition) is 5. The average molecular weight is 414 g/mol. The lowest BCUT2D eigenvalue weighted by atomic mass is 9.98. The van der Waals surface area contributed by atoms with E-state index in [0.29, 0.717) is 28.4 Å². The number of nitrogens with zero attached hydrogens (tertiary/aromatic N) is 3. The molecule has 0 saturated carbocycles. The first kappa shape index (κ1) is 19.2. The predicted octanol–water partition coefficient (Wildman–Crippen LogP) is 4.11. The minimum Gasteiger partial charge on any atom is -0.335 e. The van der Waals surface area contributed by atoms with Gasteiger partial charge in [0, 0.05) is 18.0 Å². The van der Waals surface area contributed by atoms with E-state index in [1.54, 1.807) is 22.0 Å². The summed E-state index contributed by atoms with van der Waals surface area (Å²) in [7, 11) is 0. The normalized spacial score (nSPS) is 16.4. The molecule has 28 heavy (non-hydrogen) atoms. The summed E-state index contributed by atoms with van der Waals surface area (Å²) in [5, 5.41) is 3.35. The number of thioether (sulfide) groups is 1. The van der Waals surface area contributed by atoms with Crippen molar-refractivity contribution >= 4 is 39.9 Å². The number of para-hydroxylation sites is 1. The van der Waals surface area contributed by atoms with Gasteiger partial charge in [0.05, 0.1) is 22.7 Å².